The Morgan fingerprint density at radius 3 is 2.80 bits per heavy atom. The zero-order chi connectivity index (χ0) is 14.9. The van der Waals surface area contributed by atoms with E-state index in [1.807, 2.05) is 6.92 Å². The van der Waals surface area contributed by atoms with Crippen LogP contribution in [0.3, 0.4) is 0 Å². The van der Waals surface area contributed by atoms with Gasteiger partial charge in [0.05, 0.1) is 17.8 Å². The summed E-state index contributed by atoms with van der Waals surface area (Å²) in [5.74, 6) is -1.56. The summed E-state index contributed by atoms with van der Waals surface area (Å²) >= 11 is 0. The number of carboxylic acid groups (broad SMARTS) is 1. The summed E-state index contributed by atoms with van der Waals surface area (Å²) < 4.78 is 28.1. The van der Waals surface area contributed by atoms with Gasteiger partial charge in [-0.25, -0.2) is 8.42 Å². The number of aliphatic carboxylic acids is 1. The molecule has 2 rings (SSSR count). The van der Waals surface area contributed by atoms with Crippen molar-refractivity contribution in [2.75, 3.05) is 13.1 Å². The van der Waals surface area contributed by atoms with Crippen LogP contribution in [0.25, 0.3) is 0 Å². The highest BCUT2D eigenvalue weighted by Gasteiger charge is 2.34. The lowest BCUT2D eigenvalue weighted by Gasteiger charge is -2.29. The highest BCUT2D eigenvalue weighted by Crippen LogP contribution is 2.25. The molecule has 2 heterocycles. The van der Waals surface area contributed by atoms with E-state index in [1.54, 1.807) is 11.6 Å². The highest BCUT2D eigenvalue weighted by atomic mass is 32.2. The van der Waals surface area contributed by atoms with Gasteiger partial charge in [-0.3, -0.25) is 9.48 Å². The molecule has 1 aromatic rings. The molecule has 1 N–H and O–H groups in total. The number of hydrogen-bond donors (Lipinski definition) is 1. The van der Waals surface area contributed by atoms with E-state index < -0.39 is 21.9 Å². The standard InChI is InChI=1S/C12H19N3O4S/c1-3-15-9(2)11(7-13-15)20(18,19)14-6-4-5-10(8-14)12(16)17/h7,10H,3-6,8H2,1-2H3,(H,16,17)/t10-/m0/s1. The second kappa shape index (κ2) is 5.53. The van der Waals surface area contributed by atoms with Crippen LogP contribution in [0.4, 0.5) is 0 Å². The van der Waals surface area contributed by atoms with Crippen molar-refractivity contribution < 1.29 is 18.3 Å². The number of carboxylic acids is 1. The fourth-order valence-electron chi connectivity index (χ4n) is 2.50. The van der Waals surface area contributed by atoms with Crippen molar-refractivity contribution in [1.82, 2.24) is 14.1 Å². The molecule has 1 atom stereocenters. The van der Waals surface area contributed by atoms with Crippen LogP contribution in [-0.2, 0) is 21.4 Å². The molecule has 7 nitrogen and oxygen atoms in total. The summed E-state index contributed by atoms with van der Waals surface area (Å²) in [4.78, 5) is 11.2. The Balaban J connectivity index is 2.30. The van der Waals surface area contributed by atoms with E-state index in [1.165, 1.54) is 10.5 Å². The maximum absolute atomic E-state index is 12.6. The Kier molecular flexibility index (Phi) is 4.14. The smallest absolute Gasteiger partial charge is 0.307 e. The first-order valence-electron chi connectivity index (χ1n) is 6.63. The number of piperidine rings is 1. The van der Waals surface area contributed by atoms with Gasteiger partial charge in [-0.2, -0.15) is 9.40 Å². The number of rotatable bonds is 4. The van der Waals surface area contributed by atoms with Crippen LogP contribution in [-0.4, -0.2) is 46.7 Å². The molecule has 0 aromatic carbocycles. The average molecular weight is 301 g/mol. The number of aromatic nitrogens is 2. The number of hydrogen-bond acceptors (Lipinski definition) is 4. The molecule has 0 unspecified atom stereocenters. The molecule has 0 radical (unpaired) electrons. The first-order chi connectivity index (χ1) is 9.37. The largest absolute Gasteiger partial charge is 0.481 e. The van der Waals surface area contributed by atoms with Gasteiger partial charge in [0, 0.05) is 19.6 Å². The molecule has 0 bridgehead atoms. The lowest BCUT2D eigenvalue weighted by atomic mass is 10.0. The van der Waals surface area contributed by atoms with Crippen molar-refractivity contribution in [2.45, 2.75) is 38.1 Å². The summed E-state index contributed by atoms with van der Waals surface area (Å²) in [7, 11) is -3.66. The topological polar surface area (TPSA) is 92.5 Å². The van der Waals surface area contributed by atoms with Gasteiger partial charge in [0.15, 0.2) is 0 Å². The maximum atomic E-state index is 12.6. The lowest BCUT2D eigenvalue weighted by molar-refractivity contribution is -0.142. The van der Waals surface area contributed by atoms with Crippen LogP contribution in [0.1, 0.15) is 25.5 Å². The van der Waals surface area contributed by atoms with E-state index in [0.717, 1.165) is 0 Å². The normalized spacial score (nSPS) is 21.0. The molecule has 1 aliphatic rings. The van der Waals surface area contributed by atoms with Crippen LogP contribution >= 0.6 is 0 Å². The molecule has 0 amide bonds. The third-order valence-electron chi connectivity index (χ3n) is 3.71. The number of aryl methyl sites for hydroxylation is 1. The van der Waals surface area contributed by atoms with Crippen molar-refractivity contribution in [3.05, 3.63) is 11.9 Å². The minimum absolute atomic E-state index is 0.0361. The van der Waals surface area contributed by atoms with Crippen LogP contribution in [0, 0.1) is 12.8 Å². The number of sulfonamides is 1. The van der Waals surface area contributed by atoms with Crippen LogP contribution < -0.4 is 0 Å². The molecule has 0 aliphatic carbocycles. The van der Waals surface area contributed by atoms with Gasteiger partial charge in [0.1, 0.15) is 4.90 Å². The van der Waals surface area contributed by atoms with Gasteiger partial charge in [0.25, 0.3) is 0 Å². The molecule has 1 aromatic heterocycles. The molecule has 8 heteroatoms. The van der Waals surface area contributed by atoms with Gasteiger partial charge < -0.3 is 5.11 Å². The summed E-state index contributed by atoms with van der Waals surface area (Å²) in [6.07, 6.45) is 2.43. The fourth-order valence-corrected chi connectivity index (χ4v) is 4.19. The molecule has 1 fully saturated rings. The average Bonchev–Trinajstić information content (AvgIpc) is 2.80. The van der Waals surface area contributed by atoms with Crippen molar-refractivity contribution in [2.24, 2.45) is 5.92 Å². The maximum Gasteiger partial charge on any atom is 0.307 e. The SMILES string of the molecule is CCn1ncc(S(=O)(=O)N2CCC[C@H](C(=O)O)C2)c1C. The second-order valence-corrected chi connectivity index (χ2v) is 6.86. The van der Waals surface area contributed by atoms with E-state index in [-0.39, 0.29) is 11.4 Å². The molecule has 112 valence electrons. The van der Waals surface area contributed by atoms with E-state index >= 15 is 0 Å². The molecule has 20 heavy (non-hydrogen) atoms. The first-order valence-corrected chi connectivity index (χ1v) is 8.07. The molecular formula is C12H19N3O4S. The zero-order valence-electron chi connectivity index (χ0n) is 11.6. The third kappa shape index (κ3) is 2.57. The number of carbonyl (C=O) groups is 1. The van der Waals surface area contributed by atoms with E-state index in [0.29, 0.717) is 31.6 Å². The van der Waals surface area contributed by atoms with E-state index in [4.69, 9.17) is 5.11 Å². The van der Waals surface area contributed by atoms with Crippen LogP contribution in [0.5, 0.6) is 0 Å². The van der Waals surface area contributed by atoms with Gasteiger partial charge in [0.2, 0.25) is 10.0 Å². The lowest BCUT2D eigenvalue weighted by Crippen LogP contribution is -2.42. The Morgan fingerprint density at radius 1 is 1.55 bits per heavy atom. The van der Waals surface area contributed by atoms with Crippen molar-refractivity contribution in [3.63, 3.8) is 0 Å². The Labute approximate surface area is 118 Å². The van der Waals surface area contributed by atoms with E-state index in [2.05, 4.69) is 5.10 Å². The Bertz CT molecular complexity index is 608. The third-order valence-corrected chi connectivity index (χ3v) is 5.68. The van der Waals surface area contributed by atoms with Crippen LogP contribution in [0.15, 0.2) is 11.1 Å². The zero-order valence-corrected chi connectivity index (χ0v) is 12.4. The molecular weight excluding hydrogens is 282 g/mol. The summed E-state index contributed by atoms with van der Waals surface area (Å²) in [5, 5.41) is 13.1. The van der Waals surface area contributed by atoms with Crippen LogP contribution in [0.2, 0.25) is 0 Å². The Hall–Kier alpha value is -1.41. The number of nitrogens with zero attached hydrogens (tertiary/aromatic N) is 3. The van der Waals surface area contributed by atoms with E-state index in [9.17, 15) is 13.2 Å². The Morgan fingerprint density at radius 2 is 2.25 bits per heavy atom. The minimum Gasteiger partial charge on any atom is -0.481 e. The predicted molar refractivity (Wildman–Crippen MR) is 71.8 cm³/mol. The van der Waals surface area contributed by atoms with Gasteiger partial charge in [-0.15, -0.1) is 0 Å². The highest BCUT2D eigenvalue weighted by molar-refractivity contribution is 7.89. The second-order valence-electron chi connectivity index (χ2n) is 4.95. The minimum atomic E-state index is -3.66. The van der Waals surface area contributed by atoms with Crippen molar-refractivity contribution in [1.29, 1.82) is 0 Å². The molecule has 0 saturated carbocycles. The fraction of sp³-hybridized carbons (Fsp3) is 0.667. The summed E-state index contributed by atoms with van der Waals surface area (Å²) in [6.45, 7) is 4.59. The summed E-state index contributed by atoms with van der Waals surface area (Å²) in [5.41, 5.74) is 0.588. The van der Waals surface area contributed by atoms with Gasteiger partial charge >= 0.3 is 5.97 Å². The summed E-state index contributed by atoms with van der Waals surface area (Å²) in [6, 6.07) is 0. The predicted octanol–water partition coefficient (Wildman–Crippen LogP) is 0.697. The van der Waals surface area contributed by atoms with Crippen molar-refractivity contribution in [3.8, 4) is 0 Å². The van der Waals surface area contributed by atoms with Gasteiger partial charge in [-0.05, 0) is 26.7 Å². The monoisotopic (exact) mass is 301 g/mol. The quantitative estimate of drug-likeness (QED) is 0.883. The molecule has 0 spiro atoms. The molecule has 1 aliphatic heterocycles. The van der Waals surface area contributed by atoms with Crippen molar-refractivity contribution >= 4 is 16.0 Å². The first kappa shape index (κ1) is 15.0. The molecule has 1 saturated heterocycles. The van der Waals surface area contributed by atoms with Gasteiger partial charge in [-0.1, -0.05) is 0 Å².